The van der Waals surface area contributed by atoms with E-state index in [9.17, 15) is 8.42 Å². The molecule has 0 fully saturated rings. The molecular formula is C9H16N2O2S. The summed E-state index contributed by atoms with van der Waals surface area (Å²) in [6.07, 6.45) is 1.81. The van der Waals surface area contributed by atoms with Crippen LogP contribution in [-0.2, 0) is 22.1 Å². The minimum atomic E-state index is -2.96. The van der Waals surface area contributed by atoms with Gasteiger partial charge in [-0.1, -0.05) is 6.92 Å². The molecular weight excluding hydrogens is 200 g/mol. The van der Waals surface area contributed by atoms with Gasteiger partial charge in [0.2, 0.25) is 0 Å². The smallest absolute Gasteiger partial charge is 0.155 e. The molecule has 0 N–H and O–H groups in total. The van der Waals surface area contributed by atoms with Crippen LogP contribution in [0.3, 0.4) is 0 Å². The highest BCUT2D eigenvalue weighted by Crippen LogP contribution is 2.07. The topological polar surface area (TPSA) is 52.0 Å². The Morgan fingerprint density at radius 2 is 2.07 bits per heavy atom. The van der Waals surface area contributed by atoms with Gasteiger partial charge in [-0.15, -0.1) is 0 Å². The van der Waals surface area contributed by atoms with Crippen molar-refractivity contribution in [1.29, 1.82) is 0 Å². The molecule has 14 heavy (non-hydrogen) atoms. The molecule has 80 valence electrons. The number of aryl methyl sites for hydroxylation is 2. The molecule has 0 amide bonds. The molecule has 0 saturated carbocycles. The predicted molar refractivity (Wildman–Crippen MR) is 55.8 cm³/mol. The molecule has 5 heteroatoms. The van der Waals surface area contributed by atoms with Crippen molar-refractivity contribution in [3.05, 3.63) is 17.7 Å². The average molecular weight is 216 g/mol. The second-order valence-corrected chi connectivity index (χ2v) is 5.60. The van der Waals surface area contributed by atoms with Gasteiger partial charge in [0.1, 0.15) is 5.82 Å². The molecule has 1 rings (SSSR count). The Morgan fingerprint density at radius 1 is 1.43 bits per heavy atom. The van der Waals surface area contributed by atoms with E-state index in [4.69, 9.17) is 0 Å². The van der Waals surface area contributed by atoms with Gasteiger partial charge in [0.15, 0.2) is 9.84 Å². The third-order valence-corrected chi connectivity index (χ3v) is 3.79. The van der Waals surface area contributed by atoms with Crippen molar-refractivity contribution in [1.82, 2.24) is 9.55 Å². The van der Waals surface area contributed by atoms with E-state index < -0.39 is 9.84 Å². The molecule has 0 atom stereocenters. The lowest BCUT2D eigenvalue weighted by Gasteiger charge is -1.96. The Bertz CT molecular complexity index is 406. The fourth-order valence-electron chi connectivity index (χ4n) is 1.29. The summed E-state index contributed by atoms with van der Waals surface area (Å²) in [5, 5.41) is 0. The number of nitrogens with zero attached hydrogens (tertiary/aromatic N) is 2. The summed E-state index contributed by atoms with van der Waals surface area (Å²) in [5.41, 5.74) is 0.645. The normalized spacial score (nSPS) is 11.9. The molecule has 0 spiro atoms. The SMILES string of the molecule is CCn1cc(CS(=O)(=O)CC)nc1C. The Morgan fingerprint density at radius 3 is 2.50 bits per heavy atom. The lowest BCUT2D eigenvalue weighted by molar-refractivity contribution is 0.596. The molecule has 1 aromatic heterocycles. The maximum atomic E-state index is 11.3. The van der Waals surface area contributed by atoms with Gasteiger partial charge in [0.25, 0.3) is 0 Å². The van der Waals surface area contributed by atoms with Crippen molar-refractivity contribution in [3.63, 3.8) is 0 Å². The van der Waals surface area contributed by atoms with Gasteiger partial charge >= 0.3 is 0 Å². The fraction of sp³-hybridized carbons (Fsp3) is 0.667. The van der Waals surface area contributed by atoms with E-state index in [1.54, 1.807) is 6.92 Å². The van der Waals surface area contributed by atoms with Crippen LogP contribution in [0.1, 0.15) is 25.4 Å². The summed E-state index contributed by atoms with van der Waals surface area (Å²) in [5.74, 6) is 1.09. The highest BCUT2D eigenvalue weighted by molar-refractivity contribution is 7.90. The molecule has 1 aromatic rings. The number of hydrogen-bond donors (Lipinski definition) is 0. The molecule has 0 radical (unpaired) electrons. The van der Waals surface area contributed by atoms with E-state index in [0.717, 1.165) is 12.4 Å². The van der Waals surface area contributed by atoms with Crippen LogP contribution in [0.5, 0.6) is 0 Å². The van der Waals surface area contributed by atoms with Crippen LogP contribution in [-0.4, -0.2) is 23.7 Å². The van der Waals surface area contributed by atoms with Gasteiger partial charge < -0.3 is 4.57 Å². The lowest BCUT2D eigenvalue weighted by atomic mass is 10.5. The molecule has 1 heterocycles. The Balaban J connectivity index is 2.88. The first-order valence-corrected chi connectivity index (χ1v) is 6.53. The first-order valence-electron chi connectivity index (χ1n) is 4.71. The van der Waals surface area contributed by atoms with Crippen LogP contribution in [0.25, 0.3) is 0 Å². The van der Waals surface area contributed by atoms with Gasteiger partial charge in [-0.25, -0.2) is 13.4 Å². The number of aromatic nitrogens is 2. The third kappa shape index (κ3) is 2.57. The maximum absolute atomic E-state index is 11.3. The summed E-state index contributed by atoms with van der Waals surface area (Å²) < 4.78 is 24.6. The number of imidazole rings is 1. The van der Waals surface area contributed by atoms with Crippen molar-refractivity contribution in [3.8, 4) is 0 Å². The zero-order chi connectivity index (χ0) is 10.8. The van der Waals surface area contributed by atoms with Crippen LogP contribution in [0.4, 0.5) is 0 Å². The van der Waals surface area contributed by atoms with E-state index in [2.05, 4.69) is 4.98 Å². The van der Waals surface area contributed by atoms with E-state index in [0.29, 0.717) is 5.69 Å². The molecule has 0 aliphatic rings. The Hall–Kier alpha value is -0.840. The second kappa shape index (κ2) is 4.13. The van der Waals surface area contributed by atoms with Crippen LogP contribution < -0.4 is 0 Å². The maximum Gasteiger partial charge on any atom is 0.155 e. The molecule has 0 aliphatic carbocycles. The number of rotatable bonds is 4. The second-order valence-electron chi connectivity index (χ2n) is 3.24. The summed E-state index contributed by atoms with van der Waals surface area (Å²) in [6, 6.07) is 0. The van der Waals surface area contributed by atoms with Crippen molar-refractivity contribution in [2.45, 2.75) is 33.1 Å². The van der Waals surface area contributed by atoms with Crippen LogP contribution in [0.2, 0.25) is 0 Å². The average Bonchev–Trinajstić information content (AvgIpc) is 2.45. The van der Waals surface area contributed by atoms with Crippen molar-refractivity contribution in [2.75, 3.05) is 5.75 Å². The van der Waals surface area contributed by atoms with E-state index in [1.165, 1.54) is 0 Å². The first-order chi connectivity index (χ1) is 6.48. The fourth-order valence-corrected chi connectivity index (χ4v) is 2.09. The minimum absolute atomic E-state index is 0.0529. The number of hydrogen-bond acceptors (Lipinski definition) is 3. The standard InChI is InChI=1S/C9H16N2O2S/c1-4-11-6-9(10-8(11)3)7-14(12,13)5-2/h6H,4-5,7H2,1-3H3. The van der Waals surface area contributed by atoms with E-state index >= 15 is 0 Å². The summed E-state index contributed by atoms with van der Waals surface area (Å²) >= 11 is 0. The molecule has 0 saturated heterocycles. The molecule has 0 aromatic carbocycles. The molecule has 4 nitrogen and oxygen atoms in total. The summed E-state index contributed by atoms with van der Waals surface area (Å²) in [7, 11) is -2.96. The monoisotopic (exact) mass is 216 g/mol. The quantitative estimate of drug-likeness (QED) is 0.758. The van der Waals surface area contributed by atoms with Gasteiger partial charge in [-0.05, 0) is 13.8 Å². The Kier molecular flexibility index (Phi) is 3.31. The predicted octanol–water partition coefficient (Wildman–Crippen LogP) is 1.15. The zero-order valence-corrected chi connectivity index (χ0v) is 9.63. The summed E-state index contributed by atoms with van der Waals surface area (Å²) in [4.78, 5) is 4.20. The van der Waals surface area contributed by atoms with Crippen molar-refractivity contribution >= 4 is 9.84 Å². The largest absolute Gasteiger partial charge is 0.335 e. The van der Waals surface area contributed by atoms with E-state index in [-0.39, 0.29) is 11.5 Å². The van der Waals surface area contributed by atoms with Gasteiger partial charge in [-0.3, -0.25) is 0 Å². The zero-order valence-electron chi connectivity index (χ0n) is 8.82. The van der Waals surface area contributed by atoms with Gasteiger partial charge in [-0.2, -0.15) is 0 Å². The summed E-state index contributed by atoms with van der Waals surface area (Å²) in [6.45, 7) is 6.36. The molecule has 0 unspecified atom stereocenters. The third-order valence-electron chi connectivity index (χ3n) is 2.17. The van der Waals surface area contributed by atoms with Gasteiger partial charge in [0, 0.05) is 18.5 Å². The highest BCUT2D eigenvalue weighted by atomic mass is 32.2. The highest BCUT2D eigenvalue weighted by Gasteiger charge is 2.12. The molecule has 0 aliphatic heterocycles. The lowest BCUT2D eigenvalue weighted by Crippen LogP contribution is -2.06. The number of sulfone groups is 1. The molecule has 0 bridgehead atoms. The Labute approximate surface area is 84.9 Å². The van der Waals surface area contributed by atoms with Crippen molar-refractivity contribution in [2.24, 2.45) is 0 Å². The first kappa shape index (κ1) is 11.2. The van der Waals surface area contributed by atoms with Crippen LogP contribution in [0, 0.1) is 6.92 Å². The van der Waals surface area contributed by atoms with Crippen LogP contribution in [0.15, 0.2) is 6.20 Å². The van der Waals surface area contributed by atoms with E-state index in [1.807, 2.05) is 24.6 Å². The van der Waals surface area contributed by atoms with Crippen LogP contribution >= 0.6 is 0 Å². The van der Waals surface area contributed by atoms with Crippen molar-refractivity contribution < 1.29 is 8.42 Å². The van der Waals surface area contributed by atoms with Gasteiger partial charge in [0.05, 0.1) is 11.4 Å². The minimum Gasteiger partial charge on any atom is -0.335 e.